The quantitative estimate of drug-likeness (QED) is 0.674. The summed E-state index contributed by atoms with van der Waals surface area (Å²) in [6, 6.07) is 5.25. The van der Waals surface area contributed by atoms with Crippen LogP contribution < -0.4 is 15.4 Å². The van der Waals surface area contributed by atoms with Gasteiger partial charge in [0.25, 0.3) is 5.69 Å². The first kappa shape index (κ1) is 14.6. The molecule has 1 aliphatic rings. The average Bonchev–Trinajstić information content (AvgIpc) is 2.47. The van der Waals surface area contributed by atoms with Gasteiger partial charge in [-0.15, -0.1) is 0 Å². The van der Waals surface area contributed by atoms with Crippen molar-refractivity contribution in [2.24, 2.45) is 11.7 Å². The number of nitrogens with zero attached hydrogens (tertiary/aromatic N) is 2. The van der Waals surface area contributed by atoms with Crippen LogP contribution in [-0.2, 0) is 0 Å². The van der Waals surface area contributed by atoms with Gasteiger partial charge in [0, 0.05) is 30.4 Å². The standard InChI is InChI=1S/C14H21N3O3/c1-10-3-4-11(8-15)9-16(10)12-5-13(17(18)19)7-14(6-12)20-2/h5-7,10-11H,3-4,8-9,15H2,1-2H3. The van der Waals surface area contributed by atoms with Crippen LogP contribution in [0.4, 0.5) is 11.4 Å². The van der Waals surface area contributed by atoms with Gasteiger partial charge in [-0.3, -0.25) is 10.1 Å². The lowest BCUT2D eigenvalue weighted by Crippen LogP contribution is -2.44. The molecule has 0 spiro atoms. The summed E-state index contributed by atoms with van der Waals surface area (Å²) in [6.45, 7) is 3.62. The second-order valence-electron chi connectivity index (χ2n) is 5.33. The van der Waals surface area contributed by atoms with Crippen molar-refractivity contribution in [2.75, 3.05) is 25.1 Å². The maximum atomic E-state index is 11.0. The van der Waals surface area contributed by atoms with E-state index >= 15 is 0 Å². The maximum absolute atomic E-state index is 11.0. The highest BCUT2D eigenvalue weighted by atomic mass is 16.6. The number of rotatable bonds is 4. The molecule has 2 rings (SSSR count). The number of benzene rings is 1. The predicted octanol–water partition coefficient (Wildman–Crippen LogP) is 2.17. The van der Waals surface area contributed by atoms with E-state index < -0.39 is 0 Å². The monoisotopic (exact) mass is 279 g/mol. The number of hydrogen-bond acceptors (Lipinski definition) is 5. The minimum Gasteiger partial charge on any atom is -0.496 e. The van der Waals surface area contributed by atoms with Crippen LogP contribution in [0.5, 0.6) is 5.75 Å². The van der Waals surface area contributed by atoms with E-state index in [-0.39, 0.29) is 10.6 Å². The number of nitrogens with two attached hydrogens (primary N) is 1. The molecule has 0 aliphatic carbocycles. The Morgan fingerprint density at radius 2 is 2.20 bits per heavy atom. The summed E-state index contributed by atoms with van der Waals surface area (Å²) in [5.74, 6) is 0.952. The van der Waals surface area contributed by atoms with Gasteiger partial charge in [-0.2, -0.15) is 0 Å². The van der Waals surface area contributed by atoms with Crippen LogP contribution >= 0.6 is 0 Å². The number of hydrogen-bond donors (Lipinski definition) is 1. The lowest BCUT2D eigenvalue weighted by Gasteiger charge is -2.39. The molecule has 0 amide bonds. The molecule has 6 heteroatoms. The van der Waals surface area contributed by atoms with Gasteiger partial charge in [-0.05, 0) is 32.2 Å². The lowest BCUT2D eigenvalue weighted by atomic mass is 9.93. The first-order valence-electron chi connectivity index (χ1n) is 6.85. The van der Waals surface area contributed by atoms with Crippen LogP contribution in [-0.4, -0.2) is 31.2 Å². The number of methoxy groups -OCH3 is 1. The van der Waals surface area contributed by atoms with Crippen molar-refractivity contribution in [3.8, 4) is 5.75 Å². The van der Waals surface area contributed by atoms with Gasteiger partial charge in [-0.1, -0.05) is 0 Å². The third-order valence-corrected chi connectivity index (χ3v) is 3.97. The molecule has 20 heavy (non-hydrogen) atoms. The van der Waals surface area contributed by atoms with Crippen molar-refractivity contribution in [2.45, 2.75) is 25.8 Å². The lowest BCUT2D eigenvalue weighted by molar-refractivity contribution is -0.384. The second kappa shape index (κ2) is 6.09. The number of anilines is 1. The summed E-state index contributed by atoms with van der Waals surface area (Å²) in [7, 11) is 1.52. The normalized spacial score (nSPS) is 22.6. The second-order valence-corrected chi connectivity index (χ2v) is 5.33. The molecule has 2 N–H and O–H groups in total. The van der Waals surface area contributed by atoms with Gasteiger partial charge in [0.15, 0.2) is 0 Å². The molecular weight excluding hydrogens is 258 g/mol. The summed E-state index contributed by atoms with van der Waals surface area (Å²) >= 11 is 0. The first-order valence-corrected chi connectivity index (χ1v) is 6.85. The summed E-state index contributed by atoms with van der Waals surface area (Å²) in [5, 5.41) is 11.0. The van der Waals surface area contributed by atoms with Crippen LogP contribution in [0.15, 0.2) is 18.2 Å². The number of ether oxygens (including phenoxy) is 1. The molecule has 6 nitrogen and oxygen atoms in total. The van der Waals surface area contributed by atoms with Crippen LogP contribution in [0.2, 0.25) is 0 Å². The van der Waals surface area contributed by atoms with Crippen molar-refractivity contribution in [1.82, 2.24) is 0 Å². The predicted molar refractivity (Wildman–Crippen MR) is 78.2 cm³/mol. The van der Waals surface area contributed by atoms with Crippen LogP contribution in [0.25, 0.3) is 0 Å². The zero-order chi connectivity index (χ0) is 14.7. The van der Waals surface area contributed by atoms with Gasteiger partial charge in [0.2, 0.25) is 0 Å². The molecule has 1 aliphatic heterocycles. The van der Waals surface area contributed by atoms with Crippen molar-refractivity contribution in [1.29, 1.82) is 0 Å². The minimum atomic E-state index is -0.388. The maximum Gasteiger partial charge on any atom is 0.275 e. The number of non-ortho nitro benzene ring substituents is 1. The average molecular weight is 279 g/mol. The smallest absolute Gasteiger partial charge is 0.275 e. The molecule has 110 valence electrons. The fourth-order valence-electron chi connectivity index (χ4n) is 2.69. The molecule has 1 saturated heterocycles. The molecule has 1 aromatic carbocycles. The SMILES string of the molecule is COc1cc(N2CC(CN)CCC2C)cc([N+](=O)[O-])c1. The molecule has 0 aromatic heterocycles. The van der Waals surface area contributed by atoms with Crippen molar-refractivity contribution in [3.63, 3.8) is 0 Å². The minimum absolute atomic E-state index is 0.0569. The Balaban J connectivity index is 2.34. The Labute approximate surface area is 118 Å². The highest BCUT2D eigenvalue weighted by Crippen LogP contribution is 2.33. The van der Waals surface area contributed by atoms with Crippen molar-refractivity contribution >= 4 is 11.4 Å². The van der Waals surface area contributed by atoms with Crippen molar-refractivity contribution < 1.29 is 9.66 Å². The Kier molecular flexibility index (Phi) is 4.44. The van der Waals surface area contributed by atoms with E-state index in [9.17, 15) is 10.1 Å². The summed E-state index contributed by atoms with van der Waals surface area (Å²) in [5.41, 5.74) is 6.66. The third-order valence-electron chi connectivity index (χ3n) is 3.97. The highest BCUT2D eigenvalue weighted by Gasteiger charge is 2.26. The molecule has 0 radical (unpaired) electrons. The number of nitro groups is 1. The Hall–Kier alpha value is -1.82. The summed E-state index contributed by atoms with van der Waals surface area (Å²) in [4.78, 5) is 12.8. The van der Waals surface area contributed by atoms with Crippen molar-refractivity contribution in [3.05, 3.63) is 28.3 Å². The van der Waals surface area contributed by atoms with E-state index in [0.29, 0.717) is 24.3 Å². The zero-order valence-electron chi connectivity index (χ0n) is 11.9. The molecule has 2 unspecified atom stereocenters. The van der Waals surface area contributed by atoms with Crippen LogP contribution in [0.3, 0.4) is 0 Å². The molecule has 1 fully saturated rings. The fraction of sp³-hybridized carbons (Fsp3) is 0.571. The summed E-state index contributed by atoms with van der Waals surface area (Å²) in [6.07, 6.45) is 2.16. The zero-order valence-corrected chi connectivity index (χ0v) is 11.9. The largest absolute Gasteiger partial charge is 0.496 e. The third kappa shape index (κ3) is 3.01. The number of piperidine rings is 1. The fourth-order valence-corrected chi connectivity index (χ4v) is 2.69. The summed E-state index contributed by atoms with van der Waals surface area (Å²) < 4.78 is 5.17. The van der Waals surface area contributed by atoms with Gasteiger partial charge in [-0.25, -0.2) is 0 Å². The van der Waals surface area contributed by atoms with Crippen LogP contribution in [0, 0.1) is 16.0 Å². The van der Waals surface area contributed by atoms with Gasteiger partial charge in [0.05, 0.1) is 18.1 Å². The van der Waals surface area contributed by atoms with E-state index in [0.717, 1.165) is 25.1 Å². The van der Waals surface area contributed by atoms with E-state index in [1.807, 2.05) is 6.07 Å². The first-order chi connectivity index (χ1) is 9.55. The van der Waals surface area contributed by atoms with Crippen LogP contribution in [0.1, 0.15) is 19.8 Å². The Morgan fingerprint density at radius 1 is 1.45 bits per heavy atom. The molecule has 0 bridgehead atoms. The van der Waals surface area contributed by atoms with Gasteiger partial charge < -0.3 is 15.4 Å². The molecule has 1 aromatic rings. The van der Waals surface area contributed by atoms with E-state index in [1.54, 1.807) is 6.07 Å². The van der Waals surface area contributed by atoms with E-state index in [4.69, 9.17) is 10.5 Å². The molecular formula is C14H21N3O3. The van der Waals surface area contributed by atoms with Gasteiger partial charge >= 0.3 is 0 Å². The number of nitro benzene ring substituents is 1. The topological polar surface area (TPSA) is 81.6 Å². The Bertz CT molecular complexity index is 493. The van der Waals surface area contributed by atoms with E-state index in [1.165, 1.54) is 13.2 Å². The van der Waals surface area contributed by atoms with Gasteiger partial charge in [0.1, 0.15) is 5.75 Å². The molecule has 1 heterocycles. The van der Waals surface area contributed by atoms with E-state index in [2.05, 4.69) is 11.8 Å². The Morgan fingerprint density at radius 3 is 2.80 bits per heavy atom. The molecule has 0 saturated carbocycles. The highest BCUT2D eigenvalue weighted by molar-refractivity contribution is 5.58. The molecule has 2 atom stereocenters.